The molecular formula is C8H12ClN. The van der Waals surface area contributed by atoms with Crippen molar-refractivity contribution in [2.75, 3.05) is 5.88 Å². The molecule has 0 aromatic carbocycles. The van der Waals surface area contributed by atoms with Crippen molar-refractivity contribution in [3.8, 4) is 0 Å². The number of pyridine rings is 1. The van der Waals surface area contributed by atoms with Gasteiger partial charge in [-0.3, -0.25) is 4.98 Å². The maximum Gasteiger partial charge on any atom is 0.0267 e. The summed E-state index contributed by atoms with van der Waals surface area (Å²) in [5, 5.41) is 0. The lowest BCUT2D eigenvalue weighted by Gasteiger charge is -1.70. The van der Waals surface area contributed by atoms with E-state index in [1.54, 1.807) is 12.4 Å². The van der Waals surface area contributed by atoms with E-state index in [1.165, 1.54) is 0 Å². The summed E-state index contributed by atoms with van der Waals surface area (Å²) < 4.78 is 0. The minimum Gasteiger partial charge on any atom is -0.265 e. The van der Waals surface area contributed by atoms with Gasteiger partial charge in [0.25, 0.3) is 0 Å². The molecule has 0 saturated heterocycles. The van der Waals surface area contributed by atoms with Crippen molar-refractivity contribution >= 4 is 11.6 Å². The van der Waals surface area contributed by atoms with Crippen LogP contribution in [0.3, 0.4) is 0 Å². The van der Waals surface area contributed by atoms with Crippen molar-refractivity contribution in [1.82, 2.24) is 4.98 Å². The fourth-order valence-corrected chi connectivity index (χ4v) is 0.313. The van der Waals surface area contributed by atoms with E-state index in [0.717, 1.165) is 12.3 Å². The third-order valence-electron chi connectivity index (χ3n) is 0.755. The predicted molar refractivity (Wildman–Crippen MR) is 45.2 cm³/mol. The predicted octanol–water partition coefficient (Wildman–Crippen LogP) is 2.72. The lowest BCUT2D eigenvalue weighted by atomic mass is 10.5. The second-order valence-corrected chi connectivity index (χ2v) is 2.09. The number of alkyl halides is 1. The standard InChI is InChI=1S/C5H5N.C3H7Cl/c1-2-4-6-5-3-1;1-2-3-4/h1-5H;2-3H2,1H3. The Hall–Kier alpha value is -0.560. The first kappa shape index (κ1) is 9.44. The highest BCUT2D eigenvalue weighted by Gasteiger charge is 1.59. The summed E-state index contributed by atoms with van der Waals surface area (Å²) in [7, 11) is 0. The van der Waals surface area contributed by atoms with Crippen LogP contribution in [0.15, 0.2) is 30.6 Å². The molecule has 10 heavy (non-hydrogen) atoms. The summed E-state index contributed by atoms with van der Waals surface area (Å²) in [6.45, 7) is 2.05. The number of halogens is 1. The van der Waals surface area contributed by atoms with Gasteiger partial charge < -0.3 is 0 Å². The molecule has 0 unspecified atom stereocenters. The Labute approximate surface area is 67.1 Å². The second kappa shape index (κ2) is 8.44. The van der Waals surface area contributed by atoms with Crippen LogP contribution in [0.25, 0.3) is 0 Å². The molecule has 0 amide bonds. The minimum atomic E-state index is 0.792. The molecule has 1 rings (SSSR count). The maximum absolute atomic E-state index is 5.19. The summed E-state index contributed by atoms with van der Waals surface area (Å²) in [4.78, 5) is 3.78. The zero-order valence-corrected chi connectivity index (χ0v) is 6.88. The monoisotopic (exact) mass is 157 g/mol. The third kappa shape index (κ3) is 7.44. The largest absolute Gasteiger partial charge is 0.265 e. The highest BCUT2D eigenvalue weighted by atomic mass is 35.5. The van der Waals surface area contributed by atoms with E-state index in [4.69, 9.17) is 11.6 Å². The van der Waals surface area contributed by atoms with Gasteiger partial charge in [0.2, 0.25) is 0 Å². The smallest absolute Gasteiger partial charge is 0.0267 e. The number of hydrogen-bond acceptors (Lipinski definition) is 1. The Balaban J connectivity index is 0.000000180. The van der Waals surface area contributed by atoms with Crippen molar-refractivity contribution in [1.29, 1.82) is 0 Å². The number of hydrogen-bond donors (Lipinski definition) is 0. The summed E-state index contributed by atoms with van der Waals surface area (Å²) in [6.07, 6.45) is 4.58. The molecular weight excluding hydrogens is 146 g/mol. The molecule has 0 spiro atoms. The van der Waals surface area contributed by atoms with Crippen LogP contribution in [0.4, 0.5) is 0 Å². The first-order valence-electron chi connectivity index (χ1n) is 3.32. The van der Waals surface area contributed by atoms with Crippen LogP contribution in [0.5, 0.6) is 0 Å². The van der Waals surface area contributed by atoms with Gasteiger partial charge in [0.15, 0.2) is 0 Å². The third-order valence-corrected chi connectivity index (χ3v) is 1.13. The summed E-state index contributed by atoms with van der Waals surface area (Å²) in [6, 6.07) is 5.72. The van der Waals surface area contributed by atoms with E-state index >= 15 is 0 Å². The molecule has 0 aliphatic rings. The van der Waals surface area contributed by atoms with Gasteiger partial charge in [-0.2, -0.15) is 0 Å². The van der Waals surface area contributed by atoms with Crippen LogP contribution in [-0.4, -0.2) is 10.9 Å². The second-order valence-electron chi connectivity index (χ2n) is 1.71. The van der Waals surface area contributed by atoms with Crippen molar-refractivity contribution in [2.45, 2.75) is 13.3 Å². The van der Waals surface area contributed by atoms with Gasteiger partial charge in [0.05, 0.1) is 0 Å². The van der Waals surface area contributed by atoms with Crippen LogP contribution >= 0.6 is 11.6 Å². The van der Waals surface area contributed by atoms with Crippen LogP contribution < -0.4 is 0 Å². The molecule has 56 valence electrons. The van der Waals surface area contributed by atoms with Crippen molar-refractivity contribution in [3.63, 3.8) is 0 Å². The topological polar surface area (TPSA) is 12.9 Å². The quantitative estimate of drug-likeness (QED) is 0.572. The van der Waals surface area contributed by atoms with Crippen molar-refractivity contribution in [3.05, 3.63) is 30.6 Å². The van der Waals surface area contributed by atoms with Gasteiger partial charge in [0, 0.05) is 18.3 Å². The highest BCUT2D eigenvalue weighted by molar-refractivity contribution is 6.17. The zero-order valence-electron chi connectivity index (χ0n) is 6.13. The van der Waals surface area contributed by atoms with Crippen molar-refractivity contribution < 1.29 is 0 Å². The molecule has 0 aliphatic carbocycles. The minimum absolute atomic E-state index is 0.792. The first-order valence-corrected chi connectivity index (χ1v) is 3.86. The highest BCUT2D eigenvalue weighted by Crippen LogP contribution is 1.75. The van der Waals surface area contributed by atoms with Gasteiger partial charge in [-0.1, -0.05) is 13.0 Å². The average molecular weight is 158 g/mol. The average Bonchev–Trinajstić information content (AvgIpc) is 2.08. The normalized spacial score (nSPS) is 7.80. The summed E-state index contributed by atoms with van der Waals surface area (Å²) in [5.41, 5.74) is 0. The van der Waals surface area contributed by atoms with Crippen LogP contribution in [0, 0.1) is 0 Å². The van der Waals surface area contributed by atoms with Crippen molar-refractivity contribution in [2.24, 2.45) is 0 Å². The molecule has 0 N–H and O–H groups in total. The Kier molecular flexibility index (Phi) is 7.97. The van der Waals surface area contributed by atoms with Gasteiger partial charge in [-0.15, -0.1) is 11.6 Å². The van der Waals surface area contributed by atoms with E-state index in [2.05, 4.69) is 4.98 Å². The Morgan fingerprint density at radius 2 is 1.70 bits per heavy atom. The van der Waals surface area contributed by atoms with Gasteiger partial charge >= 0.3 is 0 Å². The van der Waals surface area contributed by atoms with Gasteiger partial charge in [0.1, 0.15) is 0 Å². The van der Waals surface area contributed by atoms with Crippen LogP contribution in [0.1, 0.15) is 13.3 Å². The molecule has 0 fully saturated rings. The molecule has 1 nitrogen and oxygen atoms in total. The molecule has 0 bridgehead atoms. The van der Waals surface area contributed by atoms with E-state index in [0.29, 0.717) is 0 Å². The fourth-order valence-electron chi connectivity index (χ4n) is 0.313. The van der Waals surface area contributed by atoms with E-state index in [-0.39, 0.29) is 0 Å². The Morgan fingerprint density at radius 3 is 1.80 bits per heavy atom. The lowest BCUT2D eigenvalue weighted by molar-refractivity contribution is 1.10. The molecule has 1 aromatic heterocycles. The summed E-state index contributed by atoms with van der Waals surface area (Å²) in [5.74, 6) is 0.792. The number of rotatable bonds is 1. The van der Waals surface area contributed by atoms with Gasteiger partial charge in [-0.25, -0.2) is 0 Å². The van der Waals surface area contributed by atoms with Crippen LogP contribution in [-0.2, 0) is 0 Å². The maximum atomic E-state index is 5.19. The lowest BCUT2D eigenvalue weighted by Crippen LogP contribution is -1.58. The molecule has 1 aromatic rings. The Morgan fingerprint density at radius 1 is 1.20 bits per heavy atom. The molecule has 1 heterocycles. The van der Waals surface area contributed by atoms with E-state index in [1.807, 2.05) is 25.1 Å². The summed E-state index contributed by atoms with van der Waals surface area (Å²) >= 11 is 5.19. The molecule has 0 radical (unpaired) electrons. The van der Waals surface area contributed by atoms with E-state index in [9.17, 15) is 0 Å². The first-order chi connectivity index (χ1) is 4.91. The fraction of sp³-hybridized carbons (Fsp3) is 0.375. The molecule has 0 saturated carbocycles. The van der Waals surface area contributed by atoms with Gasteiger partial charge in [-0.05, 0) is 18.6 Å². The van der Waals surface area contributed by atoms with E-state index < -0.39 is 0 Å². The molecule has 0 aliphatic heterocycles. The molecule has 0 atom stereocenters. The Bertz CT molecular complexity index is 101. The molecule has 2 heteroatoms. The number of nitrogens with zero attached hydrogens (tertiary/aromatic N) is 1. The van der Waals surface area contributed by atoms with Crippen LogP contribution in [0.2, 0.25) is 0 Å². The zero-order chi connectivity index (χ0) is 7.66. The number of aromatic nitrogens is 1. The SMILES string of the molecule is CCCCl.c1ccncc1.